The van der Waals surface area contributed by atoms with Crippen LogP contribution in [0.15, 0.2) is 79.0 Å². The molecular weight excluding hydrogens is 342 g/mol. The van der Waals surface area contributed by atoms with Gasteiger partial charge in [-0.2, -0.15) is 0 Å². The molecule has 0 fully saturated rings. The highest BCUT2D eigenvalue weighted by atomic mass is 32.1. The molecular formula is C21H15N3OS. The molecule has 0 atom stereocenters. The van der Waals surface area contributed by atoms with Crippen molar-refractivity contribution in [2.45, 2.75) is 0 Å². The van der Waals surface area contributed by atoms with Gasteiger partial charge in [-0.15, -0.1) is 11.3 Å². The summed E-state index contributed by atoms with van der Waals surface area (Å²) in [4.78, 5) is 20.9. The van der Waals surface area contributed by atoms with Crippen molar-refractivity contribution in [2.24, 2.45) is 0 Å². The molecule has 5 heteroatoms. The number of carbonyl (C=O) groups is 1. The van der Waals surface area contributed by atoms with E-state index in [0.717, 1.165) is 26.4 Å². The van der Waals surface area contributed by atoms with Crippen LogP contribution in [0.5, 0.6) is 0 Å². The van der Waals surface area contributed by atoms with E-state index in [0.29, 0.717) is 5.82 Å². The number of hydrogen-bond donors (Lipinski definition) is 1. The summed E-state index contributed by atoms with van der Waals surface area (Å²) in [5.41, 5.74) is 3.04. The Bertz CT molecular complexity index is 1040. The number of pyridine rings is 1. The van der Waals surface area contributed by atoms with E-state index in [9.17, 15) is 4.79 Å². The van der Waals surface area contributed by atoms with Crippen molar-refractivity contribution in [2.75, 3.05) is 5.32 Å². The third-order valence-electron chi connectivity index (χ3n) is 3.81. The summed E-state index contributed by atoms with van der Waals surface area (Å²) in [5.74, 6) is 0.285. The summed E-state index contributed by atoms with van der Waals surface area (Å²) in [6.45, 7) is 0. The lowest BCUT2D eigenvalue weighted by Crippen LogP contribution is -2.08. The summed E-state index contributed by atoms with van der Waals surface area (Å²) < 4.78 is 1.10. The molecule has 0 bridgehead atoms. The second-order valence-corrected chi connectivity index (χ2v) is 6.70. The lowest BCUT2D eigenvalue weighted by molar-refractivity contribution is -0.111. The Labute approximate surface area is 154 Å². The monoisotopic (exact) mass is 357 g/mol. The molecule has 1 amide bonds. The van der Waals surface area contributed by atoms with Gasteiger partial charge >= 0.3 is 0 Å². The van der Waals surface area contributed by atoms with Gasteiger partial charge in [0.05, 0.1) is 10.2 Å². The van der Waals surface area contributed by atoms with Gasteiger partial charge in [0.1, 0.15) is 10.8 Å². The zero-order valence-corrected chi connectivity index (χ0v) is 14.6. The first-order valence-corrected chi connectivity index (χ1v) is 8.96. The van der Waals surface area contributed by atoms with Crippen LogP contribution >= 0.6 is 11.3 Å². The number of nitrogens with zero attached hydrogens (tertiary/aromatic N) is 2. The molecule has 2 heterocycles. The molecule has 0 aliphatic carbocycles. The topological polar surface area (TPSA) is 54.9 Å². The summed E-state index contributed by atoms with van der Waals surface area (Å²) in [6, 6.07) is 21.6. The highest BCUT2D eigenvalue weighted by Gasteiger charge is 2.03. The molecule has 4 rings (SSSR count). The highest BCUT2D eigenvalue weighted by Crippen LogP contribution is 2.22. The second-order valence-electron chi connectivity index (χ2n) is 5.64. The fourth-order valence-corrected chi connectivity index (χ4v) is 3.42. The van der Waals surface area contributed by atoms with E-state index in [1.807, 2.05) is 60.7 Å². The molecule has 0 spiro atoms. The smallest absolute Gasteiger partial charge is 0.249 e. The molecule has 0 radical (unpaired) electrons. The van der Waals surface area contributed by atoms with Crippen LogP contribution in [0.1, 0.15) is 5.01 Å². The molecule has 1 N–H and O–H groups in total. The number of carbonyl (C=O) groups excluding carboxylic acids is 1. The second kappa shape index (κ2) is 7.29. The Morgan fingerprint density at radius 2 is 1.73 bits per heavy atom. The van der Waals surface area contributed by atoms with Crippen LogP contribution in [0, 0.1) is 0 Å². The van der Waals surface area contributed by atoms with Crippen molar-refractivity contribution in [3.8, 4) is 11.1 Å². The van der Waals surface area contributed by atoms with Gasteiger partial charge in [0, 0.05) is 17.8 Å². The highest BCUT2D eigenvalue weighted by molar-refractivity contribution is 7.19. The normalized spacial score (nSPS) is 11.1. The first-order valence-electron chi connectivity index (χ1n) is 8.14. The maximum atomic E-state index is 12.1. The van der Waals surface area contributed by atoms with Crippen LogP contribution < -0.4 is 5.32 Å². The largest absolute Gasteiger partial charge is 0.307 e. The van der Waals surface area contributed by atoms with Crippen LogP contribution in [-0.2, 0) is 4.79 Å². The Morgan fingerprint density at radius 3 is 2.50 bits per heavy atom. The zero-order valence-electron chi connectivity index (χ0n) is 13.8. The first kappa shape index (κ1) is 16.2. The minimum Gasteiger partial charge on any atom is -0.307 e. The SMILES string of the molecule is O=C(/C=C/c1nc2ccccc2s1)Nc1ccc(-c2ccccc2)cn1. The van der Waals surface area contributed by atoms with Crippen LogP contribution in [0.25, 0.3) is 27.4 Å². The summed E-state index contributed by atoms with van der Waals surface area (Å²) in [7, 11) is 0. The van der Waals surface area contributed by atoms with Crippen molar-refractivity contribution < 1.29 is 4.79 Å². The predicted octanol–water partition coefficient (Wildman–Crippen LogP) is 5.01. The van der Waals surface area contributed by atoms with Crippen LogP contribution in [0.3, 0.4) is 0 Å². The zero-order chi connectivity index (χ0) is 17.8. The van der Waals surface area contributed by atoms with E-state index >= 15 is 0 Å². The number of amides is 1. The summed E-state index contributed by atoms with van der Waals surface area (Å²) in [6.07, 6.45) is 4.95. The van der Waals surface area contributed by atoms with Gasteiger partial charge in [-0.25, -0.2) is 9.97 Å². The van der Waals surface area contributed by atoms with Crippen molar-refractivity contribution in [1.29, 1.82) is 0 Å². The number of hydrogen-bond acceptors (Lipinski definition) is 4. The van der Waals surface area contributed by atoms with Gasteiger partial charge < -0.3 is 5.32 Å². The van der Waals surface area contributed by atoms with E-state index < -0.39 is 0 Å². The molecule has 0 unspecified atom stereocenters. The molecule has 0 aliphatic heterocycles. The van der Waals surface area contributed by atoms with Crippen molar-refractivity contribution in [3.63, 3.8) is 0 Å². The quantitative estimate of drug-likeness (QED) is 0.522. The number of fused-ring (bicyclic) bond motifs is 1. The number of nitrogens with one attached hydrogen (secondary N) is 1. The lowest BCUT2D eigenvalue weighted by Gasteiger charge is -2.04. The third kappa shape index (κ3) is 3.68. The number of thiazole rings is 1. The molecule has 0 aliphatic rings. The van der Waals surface area contributed by atoms with Crippen LogP contribution in [0.2, 0.25) is 0 Å². The number of aromatic nitrogens is 2. The Kier molecular flexibility index (Phi) is 4.53. The number of para-hydroxylation sites is 1. The Morgan fingerprint density at radius 1 is 0.923 bits per heavy atom. The fraction of sp³-hybridized carbons (Fsp3) is 0. The van der Waals surface area contributed by atoms with Crippen molar-refractivity contribution in [1.82, 2.24) is 9.97 Å². The predicted molar refractivity (Wildman–Crippen MR) is 107 cm³/mol. The Balaban J connectivity index is 1.43. The standard InChI is InChI=1S/C21H15N3OS/c25-20(12-13-21-23-17-8-4-5-9-18(17)26-21)24-19-11-10-16(14-22-19)15-6-2-1-3-7-15/h1-14H,(H,22,24,25)/b13-12+. The van der Waals surface area contributed by atoms with E-state index in [2.05, 4.69) is 15.3 Å². The summed E-state index contributed by atoms with van der Waals surface area (Å²) >= 11 is 1.55. The number of benzene rings is 2. The third-order valence-corrected chi connectivity index (χ3v) is 4.81. The summed E-state index contributed by atoms with van der Waals surface area (Å²) in [5, 5.41) is 3.56. The molecule has 2 aromatic heterocycles. The average Bonchev–Trinajstić information content (AvgIpc) is 3.11. The van der Waals surface area contributed by atoms with E-state index in [1.54, 1.807) is 29.7 Å². The van der Waals surface area contributed by atoms with Gasteiger partial charge in [-0.3, -0.25) is 4.79 Å². The molecule has 2 aromatic carbocycles. The minimum absolute atomic E-state index is 0.232. The maximum Gasteiger partial charge on any atom is 0.249 e. The van der Waals surface area contributed by atoms with Gasteiger partial charge in [-0.1, -0.05) is 42.5 Å². The Hall–Kier alpha value is -3.31. The van der Waals surface area contributed by atoms with E-state index in [4.69, 9.17) is 0 Å². The fourth-order valence-electron chi connectivity index (χ4n) is 2.55. The van der Waals surface area contributed by atoms with Gasteiger partial charge in [-0.05, 0) is 35.9 Å². The number of anilines is 1. The maximum absolute atomic E-state index is 12.1. The molecule has 0 saturated heterocycles. The molecule has 126 valence electrons. The molecule has 4 aromatic rings. The minimum atomic E-state index is -0.232. The van der Waals surface area contributed by atoms with Crippen LogP contribution in [-0.4, -0.2) is 15.9 Å². The van der Waals surface area contributed by atoms with Crippen molar-refractivity contribution >= 4 is 39.4 Å². The van der Waals surface area contributed by atoms with Crippen molar-refractivity contribution in [3.05, 3.63) is 84.0 Å². The van der Waals surface area contributed by atoms with Crippen LogP contribution in [0.4, 0.5) is 5.82 Å². The van der Waals surface area contributed by atoms with Gasteiger partial charge in [0.15, 0.2) is 0 Å². The van der Waals surface area contributed by atoms with Gasteiger partial charge in [0.25, 0.3) is 0 Å². The average molecular weight is 357 g/mol. The molecule has 4 nitrogen and oxygen atoms in total. The van der Waals surface area contributed by atoms with E-state index in [-0.39, 0.29) is 5.91 Å². The van der Waals surface area contributed by atoms with E-state index in [1.165, 1.54) is 6.08 Å². The molecule has 26 heavy (non-hydrogen) atoms. The first-order chi connectivity index (χ1) is 12.8. The molecule has 0 saturated carbocycles. The lowest BCUT2D eigenvalue weighted by atomic mass is 10.1. The van der Waals surface area contributed by atoms with Gasteiger partial charge in [0.2, 0.25) is 5.91 Å². The number of rotatable bonds is 4.